The third-order valence-corrected chi connectivity index (χ3v) is 20.4. The average Bonchev–Trinajstić information content (AvgIpc) is 3.46. The molecule has 0 saturated heterocycles. The zero-order valence-electron chi connectivity index (χ0n) is 52.2. The summed E-state index contributed by atoms with van der Waals surface area (Å²) in [6.45, 7) is 25.3. The molecule has 2 N–H and O–H groups in total. The van der Waals surface area contributed by atoms with Gasteiger partial charge in [-0.05, 0) is 114 Å². The first-order valence-corrected chi connectivity index (χ1v) is 34.6. The fraction of sp³-hybridized carbons (Fsp3) is 0.735. The largest absolute Gasteiger partial charge is 0.507 e. The van der Waals surface area contributed by atoms with Crippen LogP contribution in [0.5, 0.6) is 11.5 Å². The highest BCUT2D eigenvalue weighted by Gasteiger charge is 2.32. The predicted molar refractivity (Wildman–Crippen MR) is 333 cm³/mol. The zero-order valence-corrected chi connectivity index (χ0v) is 53.8. The Hall–Kier alpha value is -2.92. The summed E-state index contributed by atoms with van der Waals surface area (Å²) in [5, 5.41) is 23.0. The van der Waals surface area contributed by atoms with Gasteiger partial charge in [0.2, 0.25) is 20.0 Å². The first kappa shape index (κ1) is 69.3. The van der Waals surface area contributed by atoms with Gasteiger partial charge in [0.05, 0.1) is 9.79 Å². The van der Waals surface area contributed by atoms with Crippen molar-refractivity contribution in [3.05, 3.63) is 80.9 Å². The molecular formula is C68H116N2O6S2. The van der Waals surface area contributed by atoms with Gasteiger partial charge in [0.1, 0.15) is 11.5 Å². The van der Waals surface area contributed by atoms with Crippen molar-refractivity contribution in [3.8, 4) is 11.5 Å². The molecule has 446 valence electrons. The Kier molecular flexibility index (Phi) is 31.9. The van der Waals surface area contributed by atoms with E-state index in [1.807, 2.05) is 39.8 Å². The second-order valence-electron chi connectivity index (χ2n) is 25.6. The molecule has 0 unspecified atom stereocenters. The van der Waals surface area contributed by atoms with Crippen LogP contribution in [0.1, 0.15) is 305 Å². The monoisotopic (exact) mass is 1120 g/mol. The van der Waals surface area contributed by atoms with Crippen molar-refractivity contribution in [2.75, 3.05) is 13.1 Å². The number of hydrogen-bond donors (Lipinski definition) is 2. The van der Waals surface area contributed by atoms with Crippen LogP contribution in [0.3, 0.4) is 0 Å². The zero-order chi connectivity index (χ0) is 57.8. The summed E-state index contributed by atoms with van der Waals surface area (Å²) in [5.74, 6) is 0.374. The van der Waals surface area contributed by atoms with Gasteiger partial charge >= 0.3 is 0 Å². The van der Waals surface area contributed by atoms with E-state index in [0.29, 0.717) is 24.0 Å². The molecule has 3 aromatic rings. The molecule has 0 atom stereocenters. The smallest absolute Gasteiger partial charge is 0.243 e. The number of aryl methyl sites for hydroxylation is 2. The fourth-order valence-corrected chi connectivity index (χ4v) is 14.4. The molecule has 0 aromatic heterocycles. The molecule has 3 aromatic carbocycles. The van der Waals surface area contributed by atoms with Gasteiger partial charge in [0.15, 0.2) is 0 Å². The maximum Gasteiger partial charge on any atom is 0.243 e. The minimum atomic E-state index is -4.22. The van der Waals surface area contributed by atoms with Crippen LogP contribution < -0.4 is 0 Å². The van der Waals surface area contributed by atoms with Crippen molar-refractivity contribution in [2.24, 2.45) is 0 Å². The Morgan fingerprint density at radius 2 is 0.628 bits per heavy atom. The van der Waals surface area contributed by atoms with E-state index in [4.69, 9.17) is 0 Å². The van der Waals surface area contributed by atoms with Crippen LogP contribution in [0.2, 0.25) is 0 Å². The van der Waals surface area contributed by atoms with Crippen LogP contribution in [0.15, 0.2) is 46.2 Å². The number of nitrogens with zero attached hydrogens (tertiary/aromatic N) is 2. The Labute approximate surface area is 480 Å². The lowest BCUT2D eigenvalue weighted by molar-refractivity contribution is 0.385. The predicted octanol–water partition coefficient (Wildman–Crippen LogP) is 19.8. The number of unbranched alkanes of at least 4 members (excludes halogenated alkanes) is 30. The standard InChI is InChI=1S/C68H116N2O6S2/c1-13-15-17-19-21-23-25-27-29-31-33-35-37-39-41-43-48-69(53-61-55(3)50-63(67(7,8)9)65(71)57(61)5)77(73,74)59-46-45-47-60(52-59)78(75,76)70(54-62-56(4)51-64(68(10,11)12)66(72)58(62)6)49-44-42-40-38-36-34-32-30-28-26-24-22-20-18-16-14-2/h45-47,50-52,71-72H,13-44,48-49,53-54H2,1-12H3. The van der Waals surface area contributed by atoms with Gasteiger partial charge in [-0.15, -0.1) is 0 Å². The number of benzene rings is 3. The van der Waals surface area contributed by atoms with E-state index in [1.165, 1.54) is 181 Å². The van der Waals surface area contributed by atoms with Gasteiger partial charge in [-0.2, -0.15) is 8.61 Å². The van der Waals surface area contributed by atoms with E-state index in [2.05, 4.69) is 55.4 Å². The summed E-state index contributed by atoms with van der Waals surface area (Å²) in [6.07, 6.45) is 39.1. The summed E-state index contributed by atoms with van der Waals surface area (Å²) in [4.78, 5) is -0.124. The molecular weight excluding hydrogens is 1000 g/mol. The summed E-state index contributed by atoms with van der Waals surface area (Å²) in [7, 11) is -8.44. The summed E-state index contributed by atoms with van der Waals surface area (Å²) >= 11 is 0. The molecule has 0 radical (unpaired) electrons. The fourth-order valence-electron chi connectivity index (χ4n) is 11.3. The summed E-state index contributed by atoms with van der Waals surface area (Å²) in [6, 6.07) is 9.92. The maximum atomic E-state index is 15.1. The molecule has 0 spiro atoms. The number of phenolic OH excluding ortho intramolecular Hbond substituents is 2. The molecule has 0 bridgehead atoms. The van der Waals surface area contributed by atoms with Gasteiger partial charge in [-0.3, -0.25) is 0 Å². The molecule has 0 amide bonds. The second-order valence-corrected chi connectivity index (χ2v) is 29.5. The van der Waals surface area contributed by atoms with Gasteiger partial charge in [-0.25, -0.2) is 16.8 Å². The third-order valence-electron chi connectivity index (χ3n) is 16.7. The first-order valence-electron chi connectivity index (χ1n) is 31.7. The Bertz CT molecular complexity index is 2230. The molecule has 8 nitrogen and oxygen atoms in total. The van der Waals surface area contributed by atoms with Crippen LogP contribution in [-0.2, 0) is 44.0 Å². The highest BCUT2D eigenvalue weighted by Crippen LogP contribution is 2.39. The Morgan fingerprint density at radius 3 is 0.872 bits per heavy atom. The summed E-state index contributed by atoms with van der Waals surface area (Å²) < 4.78 is 63.4. The third kappa shape index (κ3) is 23.5. The molecule has 0 saturated carbocycles. The van der Waals surface area contributed by atoms with Crippen molar-refractivity contribution in [2.45, 2.75) is 322 Å². The van der Waals surface area contributed by atoms with Crippen molar-refractivity contribution < 1.29 is 27.0 Å². The molecule has 3 rings (SSSR count). The van der Waals surface area contributed by atoms with Crippen molar-refractivity contribution >= 4 is 20.0 Å². The second kappa shape index (κ2) is 35.8. The van der Waals surface area contributed by atoms with E-state index in [-0.39, 0.29) is 58.3 Å². The highest BCUT2D eigenvalue weighted by molar-refractivity contribution is 7.90. The summed E-state index contributed by atoms with van der Waals surface area (Å²) in [5.41, 5.74) is 5.71. The maximum absolute atomic E-state index is 15.1. The van der Waals surface area contributed by atoms with Crippen molar-refractivity contribution in [1.82, 2.24) is 8.61 Å². The van der Waals surface area contributed by atoms with Gasteiger partial charge in [0, 0.05) is 26.2 Å². The van der Waals surface area contributed by atoms with E-state index < -0.39 is 20.0 Å². The Morgan fingerprint density at radius 1 is 0.385 bits per heavy atom. The molecule has 0 aliphatic carbocycles. The number of hydrogen-bond acceptors (Lipinski definition) is 6. The van der Waals surface area contributed by atoms with Crippen molar-refractivity contribution in [3.63, 3.8) is 0 Å². The molecule has 0 heterocycles. The van der Waals surface area contributed by atoms with E-state index in [9.17, 15) is 10.2 Å². The normalized spacial score (nSPS) is 12.7. The van der Waals surface area contributed by atoms with E-state index in [0.717, 1.165) is 71.9 Å². The number of sulfonamides is 2. The SMILES string of the molecule is CCCCCCCCCCCCCCCCCCN(Cc1c(C)cc(C(C)(C)C)c(O)c1C)S(=O)(=O)c1cccc(S(=O)(=O)N(CCCCCCCCCCCCCCCCCC)Cc2c(C)cc(C(C)(C)C)c(O)c2C)c1. The highest BCUT2D eigenvalue weighted by atomic mass is 32.2. The number of rotatable bonds is 42. The van der Waals surface area contributed by atoms with Crippen LogP contribution in [0, 0.1) is 27.7 Å². The number of aromatic hydroxyl groups is 2. The minimum Gasteiger partial charge on any atom is -0.507 e. The van der Waals surface area contributed by atoms with Gasteiger partial charge in [0.25, 0.3) is 0 Å². The lowest BCUT2D eigenvalue weighted by Crippen LogP contribution is -2.34. The van der Waals surface area contributed by atoms with Gasteiger partial charge < -0.3 is 10.2 Å². The van der Waals surface area contributed by atoms with E-state index in [1.54, 1.807) is 6.07 Å². The Balaban J connectivity index is 1.81. The quantitative estimate of drug-likeness (QED) is 0.0546. The van der Waals surface area contributed by atoms with Gasteiger partial charge in [-0.1, -0.05) is 266 Å². The first-order chi connectivity index (χ1) is 37.0. The van der Waals surface area contributed by atoms with Crippen LogP contribution in [-0.4, -0.2) is 48.7 Å². The molecule has 10 heteroatoms. The molecule has 78 heavy (non-hydrogen) atoms. The minimum absolute atomic E-state index is 0.0612. The molecule has 0 fully saturated rings. The molecule has 0 aliphatic heterocycles. The van der Waals surface area contributed by atoms with Crippen LogP contribution in [0.4, 0.5) is 0 Å². The van der Waals surface area contributed by atoms with Crippen LogP contribution >= 0.6 is 0 Å². The topological polar surface area (TPSA) is 115 Å². The number of phenols is 2. The van der Waals surface area contributed by atoms with Crippen LogP contribution in [0.25, 0.3) is 0 Å². The molecule has 0 aliphatic rings. The average molecular weight is 1120 g/mol. The lowest BCUT2D eigenvalue weighted by Gasteiger charge is -2.28. The van der Waals surface area contributed by atoms with Crippen molar-refractivity contribution in [1.29, 1.82) is 0 Å². The van der Waals surface area contributed by atoms with E-state index >= 15 is 16.8 Å². The lowest BCUT2D eigenvalue weighted by atomic mass is 9.82.